The van der Waals surface area contributed by atoms with Crippen molar-refractivity contribution in [2.75, 3.05) is 0 Å². The summed E-state index contributed by atoms with van der Waals surface area (Å²) in [6, 6.07) is 10.7. The van der Waals surface area contributed by atoms with Gasteiger partial charge in [-0.3, -0.25) is 0 Å². The van der Waals surface area contributed by atoms with Gasteiger partial charge in [0.2, 0.25) is 0 Å². The van der Waals surface area contributed by atoms with Crippen molar-refractivity contribution in [3.8, 4) is 0 Å². The first kappa shape index (κ1) is 14.7. The molecule has 0 fully saturated rings. The summed E-state index contributed by atoms with van der Waals surface area (Å²) in [4.78, 5) is 14.8. The normalized spacial score (nSPS) is 11.2. The van der Waals surface area contributed by atoms with Crippen LogP contribution >= 0.6 is 15.9 Å². The van der Waals surface area contributed by atoms with Gasteiger partial charge in [-0.1, -0.05) is 18.2 Å². The highest BCUT2D eigenvalue weighted by Crippen LogP contribution is 2.24. The summed E-state index contributed by atoms with van der Waals surface area (Å²) in [6.07, 6.45) is 0. The van der Waals surface area contributed by atoms with E-state index < -0.39 is 15.8 Å². The van der Waals surface area contributed by atoms with E-state index in [1.807, 2.05) is 0 Å². The lowest BCUT2D eigenvalue weighted by Crippen LogP contribution is -2.09. The highest BCUT2D eigenvalue weighted by atomic mass is 79.9. The van der Waals surface area contributed by atoms with Crippen molar-refractivity contribution in [1.29, 1.82) is 0 Å². The quantitative estimate of drug-likeness (QED) is 0.910. The lowest BCUT2D eigenvalue weighted by Gasteiger charge is -2.06. The number of rotatable bonds is 4. The maximum atomic E-state index is 12.3. The number of hydrogen-bond acceptors (Lipinski definition) is 4. The lowest BCUT2D eigenvalue weighted by molar-refractivity contribution is 0.0690. The molecule has 1 aromatic heterocycles. The Balaban J connectivity index is 2.36. The first-order chi connectivity index (χ1) is 9.40. The maximum Gasteiger partial charge on any atom is 0.354 e. The molecule has 1 aromatic carbocycles. The molecule has 7 heteroatoms. The monoisotopic (exact) mass is 355 g/mol. The molecule has 0 amide bonds. The fourth-order valence-electron chi connectivity index (χ4n) is 1.65. The molecule has 5 nitrogen and oxygen atoms in total. The van der Waals surface area contributed by atoms with Crippen molar-refractivity contribution in [2.45, 2.75) is 10.6 Å². The molecule has 0 aliphatic carbocycles. The van der Waals surface area contributed by atoms with Gasteiger partial charge < -0.3 is 5.11 Å². The number of carbonyl (C=O) groups is 1. The second kappa shape index (κ2) is 5.72. The second-order valence-electron chi connectivity index (χ2n) is 4.01. The van der Waals surface area contributed by atoms with E-state index >= 15 is 0 Å². The van der Waals surface area contributed by atoms with Crippen LogP contribution in [0.3, 0.4) is 0 Å². The van der Waals surface area contributed by atoms with Crippen LogP contribution in [-0.4, -0.2) is 24.5 Å². The van der Waals surface area contributed by atoms with E-state index in [9.17, 15) is 13.2 Å². The largest absolute Gasteiger partial charge is 0.477 e. The summed E-state index contributed by atoms with van der Waals surface area (Å²) in [6.45, 7) is 0. The number of carboxylic acids is 1. The smallest absolute Gasteiger partial charge is 0.354 e. The van der Waals surface area contributed by atoms with Crippen LogP contribution < -0.4 is 0 Å². The van der Waals surface area contributed by atoms with Gasteiger partial charge in [0.1, 0.15) is 5.69 Å². The number of benzene rings is 1. The Bertz CT molecular complexity index is 758. The van der Waals surface area contributed by atoms with Gasteiger partial charge in [-0.25, -0.2) is 18.2 Å². The van der Waals surface area contributed by atoms with E-state index in [1.54, 1.807) is 18.2 Å². The van der Waals surface area contributed by atoms with Crippen LogP contribution in [0.1, 0.15) is 16.2 Å². The van der Waals surface area contributed by atoms with Gasteiger partial charge in [-0.05, 0) is 40.2 Å². The average Bonchev–Trinajstić information content (AvgIpc) is 2.38. The molecule has 0 aliphatic rings. The third kappa shape index (κ3) is 3.23. The first-order valence-electron chi connectivity index (χ1n) is 5.56. The van der Waals surface area contributed by atoms with Gasteiger partial charge in [0.05, 0.1) is 16.3 Å². The molecule has 1 N–H and O–H groups in total. The van der Waals surface area contributed by atoms with Crippen LogP contribution in [0.5, 0.6) is 0 Å². The number of carboxylic acid groups (broad SMARTS) is 1. The van der Waals surface area contributed by atoms with Crippen molar-refractivity contribution in [2.24, 2.45) is 0 Å². The molecule has 0 bridgehead atoms. The Hall–Kier alpha value is -1.73. The van der Waals surface area contributed by atoms with Gasteiger partial charge in [-0.2, -0.15) is 0 Å². The van der Waals surface area contributed by atoms with E-state index in [1.165, 1.54) is 24.3 Å². The van der Waals surface area contributed by atoms with Crippen LogP contribution in [0.15, 0.2) is 51.8 Å². The molecule has 2 aromatic rings. The van der Waals surface area contributed by atoms with Crippen molar-refractivity contribution >= 4 is 31.7 Å². The van der Waals surface area contributed by atoms with Crippen LogP contribution in [0.25, 0.3) is 0 Å². The second-order valence-corrected chi connectivity index (χ2v) is 6.82. The van der Waals surface area contributed by atoms with Gasteiger partial charge >= 0.3 is 5.97 Å². The third-order valence-electron chi connectivity index (χ3n) is 2.54. The Morgan fingerprint density at radius 3 is 2.50 bits per heavy atom. The average molecular weight is 356 g/mol. The Kier molecular flexibility index (Phi) is 4.20. The molecule has 0 unspecified atom stereocenters. The zero-order valence-corrected chi connectivity index (χ0v) is 12.6. The predicted octanol–water partition coefficient (Wildman–Crippen LogP) is 2.52. The summed E-state index contributed by atoms with van der Waals surface area (Å²) >= 11 is 3.19. The summed E-state index contributed by atoms with van der Waals surface area (Å²) in [7, 11) is -3.59. The number of sulfone groups is 1. The SMILES string of the molecule is O=C(O)c1cccc(CS(=O)(=O)c2ccccc2Br)n1. The van der Waals surface area contributed by atoms with E-state index in [4.69, 9.17) is 5.11 Å². The standard InChI is InChI=1S/C13H10BrNO4S/c14-10-5-1-2-7-12(10)20(18,19)8-9-4-3-6-11(15-9)13(16)17/h1-7H,8H2,(H,16,17). The zero-order chi connectivity index (χ0) is 14.8. The van der Waals surface area contributed by atoms with Crippen molar-refractivity contribution < 1.29 is 18.3 Å². The molecule has 0 atom stereocenters. The Morgan fingerprint density at radius 1 is 1.15 bits per heavy atom. The Labute approximate surface area is 124 Å². The molecule has 104 valence electrons. The fraction of sp³-hybridized carbons (Fsp3) is 0.0769. The van der Waals surface area contributed by atoms with E-state index in [-0.39, 0.29) is 22.0 Å². The van der Waals surface area contributed by atoms with Gasteiger partial charge in [0.15, 0.2) is 9.84 Å². The molecule has 0 radical (unpaired) electrons. The van der Waals surface area contributed by atoms with E-state index in [0.717, 1.165) is 0 Å². The molecule has 2 rings (SSSR count). The third-order valence-corrected chi connectivity index (χ3v) is 5.19. The number of halogens is 1. The fourth-order valence-corrected chi connectivity index (χ4v) is 4.03. The zero-order valence-electron chi connectivity index (χ0n) is 10.2. The van der Waals surface area contributed by atoms with Crippen LogP contribution in [0, 0.1) is 0 Å². The van der Waals surface area contributed by atoms with Gasteiger partial charge in [0.25, 0.3) is 0 Å². The summed E-state index contributed by atoms with van der Waals surface area (Å²) < 4.78 is 25.0. The van der Waals surface area contributed by atoms with Crippen LogP contribution in [0.2, 0.25) is 0 Å². The van der Waals surface area contributed by atoms with Crippen molar-refractivity contribution in [3.05, 3.63) is 58.3 Å². The molecule has 20 heavy (non-hydrogen) atoms. The Morgan fingerprint density at radius 2 is 1.85 bits per heavy atom. The molecular weight excluding hydrogens is 346 g/mol. The topological polar surface area (TPSA) is 84.3 Å². The highest BCUT2D eigenvalue weighted by Gasteiger charge is 2.19. The molecule has 0 saturated carbocycles. The summed E-state index contributed by atoms with van der Waals surface area (Å²) in [5.74, 6) is -1.54. The van der Waals surface area contributed by atoms with Crippen molar-refractivity contribution in [1.82, 2.24) is 4.98 Å². The van der Waals surface area contributed by atoms with Crippen LogP contribution in [-0.2, 0) is 15.6 Å². The van der Waals surface area contributed by atoms with Gasteiger partial charge in [0, 0.05) is 4.47 Å². The van der Waals surface area contributed by atoms with Crippen molar-refractivity contribution in [3.63, 3.8) is 0 Å². The minimum Gasteiger partial charge on any atom is -0.477 e. The van der Waals surface area contributed by atoms with Gasteiger partial charge in [-0.15, -0.1) is 0 Å². The predicted molar refractivity (Wildman–Crippen MR) is 76.2 cm³/mol. The number of aromatic carboxylic acids is 1. The number of hydrogen-bond donors (Lipinski definition) is 1. The van der Waals surface area contributed by atoms with E-state index in [0.29, 0.717) is 4.47 Å². The molecule has 1 heterocycles. The number of aromatic nitrogens is 1. The maximum absolute atomic E-state index is 12.3. The molecule has 0 saturated heterocycles. The molecule has 0 spiro atoms. The number of pyridine rings is 1. The first-order valence-corrected chi connectivity index (χ1v) is 8.01. The molecular formula is C13H10BrNO4S. The summed E-state index contributed by atoms with van der Waals surface area (Å²) in [5, 5.41) is 8.85. The molecule has 0 aliphatic heterocycles. The minimum atomic E-state index is -3.59. The minimum absolute atomic E-state index is 0.155. The van der Waals surface area contributed by atoms with Crippen LogP contribution in [0.4, 0.5) is 0 Å². The highest BCUT2D eigenvalue weighted by molar-refractivity contribution is 9.10. The lowest BCUT2D eigenvalue weighted by atomic mass is 10.3. The number of nitrogens with zero attached hydrogens (tertiary/aromatic N) is 1. The van der Waals surface area contributed by atoms with E-state index in [2.05, 4.69) is 20.9 Å². The summed E-state index contributed by atoms with van der Waals surface area (Å²) in [5.41, 5.74) is 0.0190.